The Bertz CT molecular complexity index is 341. The van der Waals surface area contributed by atoms with Crippen molar-refractivity contribution in [2.75, 3.05) is 11.9 Å². The first kappa shape index (κ1) is 9.91. The second kappa shape index (κ2) is 4.26. The molecule has 1 saturated heterocycles. The Morgan fingerprint density at radius 1 is 1.60 bits per heavy atom. The summed E-state index contributed by atoms with van der Waals surface area (Å²) in [6.07, 6.45) is 1.29. The van der Waals surface area contributed by atoms with Gasteiger partial charge in [0.2, 0.25) is 11.8 Å². The zero-order valence-corrected chi connectivity index (χ0v) is 8.19. The summed E-state index contributed by atoms with van der Waals surface area (Å²) in [4.78, 5) is 10.9. The molecule has 2 rings (SSSR count). The van der Waals surface area contributed by atoms with Gasteiger partial charge in [0, 0.05) is 19.0 Å². The number of hydrogen-bond acceptors (Lipinski definition) is 6. The van der Waals surface area contributed by atoms with Gasteiger partial charge in [-0.25, -0.2) is 0 Å². The highest BCUT2D eigenvalue weighted by Gasteiger charge is 2.19. The Kier molecular flexibility index (Phi) is 2.82. The number of anilines is 1. The minimum absolute atomic E-state index is 0.0845. The molecule has 1 fully saturated rings. The third-order valence-corrected chi connectivity index (χ3v) is 2.23. The van der Waals surface area contributed by atoms with Gasteiger partial charge in [0.05, 0.1) is 6.54 Å². The van der Waals surface area contributed by atoms with Crippen molar-refractivity contribution >= 4 is 11.9 Å². The highest BCUT2D eigenvalue weighted by Crippen LogP contribution is 2.11. The smallest absolute Gasteiger partial charge is 0.315 e. The lowest BCUT2D eigenvalue weighted by molar-refractivity contribution is -0.122. The predicted octanol–water partition coefficient (Wildman–Crippen LogP) is -0.781. The van der Waals surface area contributed by atoms with Crippen molar-refractivity contribution < 1.29 is 9.21 Å². The molecule has 82 valence electrons. The van der Waals surface area contributed by atoms with Crippen LogP contribution in [-0.4, -0.2) is 28.7 Å². The first-order valence-electron chi connectivity index (χ1n) is 4.83. The summed E-state index contributed by atoms with van der Waals surface area (Å²) in [5.74, 6) is 0.485. The van der Waals surface area contributed by atoms with Crippen molar-refractivity contribution in [1.29, 1.82) is 0 Å². The van der Waals surface area contributed by atoms with E-state index >= 15 is 0 Å². The summed E-state index contributed by atoms with van der Waals surface area (Å²) in [5, 5.41) is 13.3. The quantitative estimate of drug-likeness (QED) is 0.605. The summed E-state index contributed by atoms with van der Waals surface area (Å²) in [7, 11) is 0. The van der Waals surface area contributed by atoms with E-state index in [0.29, 0.717) is 24.9 Å². The molecule has 0 aliphatic carbocycles. The fourth-order valence-corrected chi connectivity index (χ4v) is 1.43. The lowest BCUT2D eigenvalue weighted by Crippen LogP contribution is -2.41. The van der Waals surface area contributed by atoms with Crippen LogP contribution in [0, 0.1) is 0 Å². The second-order valence-corrected chi connectivity index (χ2v) is 3.39. The van der Waals surface area contributed by atoms with E-state index in [0.717, 1.165) is 6.42 Å². The van der Waals surface area contributed by atoms with Crippen LogP contribution in [0.5, 0.6) is 0 Å². The van der Waals surface area contributed by atoms with E-state index < -0.39 is 0 Å². The van der Waals surface area contributed by atoms with Crippen molar-refractivity contribution in [3.05, 3.63) is 5.89 Å². The monoisotopic (exact) mass is 211 g/mol. The van der Waals surface area contributed by atoms with E-state index in [2.05, 4.69) is 20.8 Å². The van der Waals surface area contributed by atoms with Crippen LogP contribution in [0.25, 0.3) is 0 Å². The predicted molar refractivity (Wildman–Crippen MR) is 51.8 cm³/mol. The average Bonchev–Trinajstić information content (AvgIpc) is 2.69. The lowest BCUT2D eigenvalue weighted by Gasteiger charge is -2.22. The number of hydrogen-bond donors (Lipinski definition) is 3. The van der Waals surface area contributed by atoms with Crippen molar-refractivity contribution in [3.63, 3.8) is 0 Å². The third kappa shape index (κ3) is 2.44. The van der Waals surface area contributed by atoms with E-state index in [9.17, 15) is 4.79 Å². The van der Waals surface area contributed by atoms with Gasteiger partial charge in [0.25, 0.3) is 0 Å². The molecular formula is C8H13N5O2. The van der Waals surface area contributed by atoms with Crippen LogP contribution in [0.3, 0.4) is 0 Å². The minimum atomic E-state index is 0.0845. The van der Waals surface area contributed by atoms with Crippen molar-refractivity contribution in [3.8, 4) is 0 Å². The molecule has 1 amide bonds. The fraction of sp³-hybridized carbons (Fsp3) is 0.625. The molecule has 0 radical (unpaired) electrons. The largest absolute Gasteiger partial charge is 0.407 e. The van der Waals surface area contributed by atoms with Gasteiger partial charge in [0.15, 0.2) is 0 Å². The summed E-state index contributed by atoms with van der Waals surface area (Å²) >= 11 is 0. The standard InChI is InChI=1S/C8H13N5O2/c9-3-7-12-13-8(15-7)11-5-1-2-6(14)10-4-5/h5H,1-4,9H2,(H,10,14)(H,11,13). The van der Waals surface area contributed by atoms with Gasteiger partial charge in [-0.1, -0.05) is 5.10 Å². The zero-order chi connectivity index (χ0) is 10.7. The Balaban J connectivity index is 1.88. The number of aromatic nitrogens is 2. The summed E-state index contributed by atoms with van der Waals surface area (Å²) in [6, 6.07) is 0.505. The Hall–Kier alpha value is -1.63. The Morgan fingerprint density at radius 2 is 2.47 bits per heavy atom. The first-order chi connectivity index (χ1) is 7.28. The number of nitrogens with two attached hydrogens (primary N) is 1. The molecule has 7 heteroatoms. The molecule has 1 aromatic heterocycles. The zero-order valence-electron chi connectivity index (χ0n) is 8.19. The molecule has 0 aromatic carbocycles. The molecular weight excluding hydrogens is 198 g/mol. The maximum atomic E-state index is 10.9. The molecule has 0 bridgehead atoms. The molecule has 4 N–H and O–H groups in total. The van der Waals surface area contributed by atoms with E-state index in [-0.39, 0.29) is 18.5 Å². The van der Waals surface area contributed by atoms with Gasteiger partial charge in [-0.2, -0.15) is 0 Å². The maximum Gasteiger partial charge on any atom is 0.315 e. The minimum Gasteiger partial charge on any atom is -0.407 e. The molecule has 2 heterocycles. The number of rotatable bonds is 3. The van der Waals surface area contributed by atoms with Crippen molar-refractivity contribution in [1.82, 2.24) is 15.5 Å². The van der Waals surface area contributed by atoms with E-state index in [1.54, 1.807) is 0 Å². The highest BCUT2D eigenvalue weighted by molar-refractivity contribution is 5.76. The van der Waals surface area contributed by atoms with Crippen molar-refractivity contribution in [2.24, 2.45) is 5.73 Å². The van der Waals surface area contributed by atoms with Crippen LogP contribution in [0.2, 0.25) is 0 Å². The van der Waals surface area contributed by atoms with Crippen LogP contribution in [0.15, 0.2) is 4.42 Å². The lowest BCUT2D eigenvalue weighted by atomic mass is 10.1. The molecule has 1 aromatic rings. The molecule has 1 aliphatic heterocycles. The molecule has 1 unspecified atom stereocenters. The molecule has 15 heavy (non-hydrogen) atoms. The van der Waals surface area contributed by atoms with Crippen molar-refractivity contribution in [2.45, 2.75) is 25.4 Å². The number of amides is 1. The van der Waals surface area contributed by atoms with Crippen LogP contribution in [0.1, 0.15) is 18.7 Å². The van der Waals surface area contributed by atoms with Crippen LogP contribution in [0.4, 0.5) is 6.01 Å². The molecule has 1 atom stereocenters. The third-order valence-electron chi connectivity index (χ3n) is 2.23. The SMILES string of the molecule is NCc1nnc(NC2CCC(=O)NC2)o1. The van der Waals surface area contributed by atoms with Gasteiger partial charge in [-0.15, -0.1) is 5.10 Å². The maximum absolute atomic E-state index is 10.9. The van der Waals surface area contributed by atoms with Gasteiger partial charge in [-0.3, -0.25) is 4.79 Å². The number of nitrogens with one attached hydrogen (secondary N) is 2. The number of piperidine rings is 1. The van der Waals surface area contributed by atoms with Gasteiger partial charge in [-0.05, 0) is 6.42 Å². The normalized spacial score (nSPS) is 21.1. The molecule has 0 saturated carbocycles. The van der Waals surface area contributed by atoms with Crippen LogP contribution < -0.4 is 16.4 Å². The fourth-order valence-electron chi connectivity index (χ4n) is 1.43. The Morgan fingerprint density at radius 3 is 3.07 bits per heavy atom. The van der Waals surface area contributed by atoms with E-state index in [4.69, 9.17) is 10.2 Å². The topological polar surface area (TPSA) is 106 Å². The summed E-state index contributed by atoms with van der Waals surface area (Å²) in [6.45, 7) is 0.815. The number of carbonyl (C=O) groups is 1. The van der Waals surface area contributed by atoms with Crippen LogP contribution >= 0.6 is 0 Å². The summed E-state index contributed by atoms with van der Waals surface area (Å²) in [5.41, 5.74) is 5.33. The Labute approximate surface area is 86.4 Å². The first-order valence-corrected chi connectivity index (χ1v) is 4.83. The molecule has 1 aliphatic rings. The van der Waals surface area contributed by atoms with Crippen LogP contribution in [-0.2, 0) is 11.3 Å². The van der Waals surface area contributed by atoms with E-state index in [1.165, 1.54) is 0 Å². The van der Waals surface area contributed by atoms with Gasteiger partial charge < -0.3 is 20.8 Å². The molecule has 7 nitrogen and oxygen atoms in total. The van der Waals surface area contributed by atoms with E-state index in [1.807, 2.05) is 0 Å². The van der Waals surface area contributed by atoms with Gasteiger partial charge in [0.1, 0.15) is 0 Å². The average molecular weight is 211 g/mol. The number of nitrogens with zero attached hydrogens (tertiary/aromatic N) is 2. The molecule has 0 spiro atoms. The van der Waals surface area contributed by atoms with Gasteiger partial charge >= 0.3 is 6.01 Å². The number of carbonyl (C=O) groups excluding carboxylic acids is 1. The summed E-state index contributed by atoms with van der Waals surface area (Å²) < 4.78 is 5.19. The second-order valence-electron chi connectivity index (χ2n) is 3.39. The highest BCUT2D eigenvalue weighted by atomic mass is 16.4.